The SMILES string of the molecule is CCN(C)CCNCc1cc2c(cc1Br)OCO2. The van der Waals surface area contributed by atoms with Crippen molar-refractivity contribution in [3.63, 3.8) is 0 Å². The maximum atomic E-state index is 5.38. The first kappa shape index (κ1) is 13.6. The quantitative estimate of drug-likeness (QED) is 0.816. The molecule has 0 radical (unpaired) electrons. The maximum Gasteiger partial charge on any atom is 0.231 e. The monoisotopic (exact) mass is 314 g/mol. The Bertz CT molecular complexity index is 412. The van der Waals surface area contributed by atoms with Crippen molar-refractivity contribution in [1.82, 2.24) is 10.2 Å². The normalized spacial score (nSPS) is 13.3. The van der Waals surface area contributed by atoms with Crippen molar-refractivity contribution < 1.29 is 9.47 Å². The fourth-order valence-electron chi connectivity index (χ4n) is 1.75. The number of nitrogens with zero attached hydrogens (tertiary/aromatic N) is 1. The zero-order valence-electron chi connectivity index (χ0n) is 10.8. The summed E-state index contributed by atoms with van der Waals surface area (Å²) < 4.78 is 11.8. The van der Waals surface area contributed by atoms with Gasteiger partial charge in [0.2, 0.25) is 6.79 Å². The van der Waals surface area contributed by atoms with Crippen LogP contribution in [-0.4, -0.2) is 38.4 Å². The smallest absolute Gasteiger partial charge is 0.231 e. The predicted molar refractivity (Wildman–Crippen MR) is 75.1 cm³/mol. The summed E-state index contributed by atoms with van der Waals surface area (Å²) in [5, 5.41) is 3.43. The van der Waals surface area contributed by atoms with Gasteiger partial charge in [-0.2, -0.15) is 0 Å². The van der Waals surface area contributed by atoms with E-state index in [0.29, 0.717) is 6.79 Å². The molecule has 0 saturated heterocycles. The van der Waals surface area contributed by atoms with Crippen LogP contribution in [0.2, 0.25) is 0 Å². The molecular formula is C13H19BrN2O2. The van der Waals surface area contributed by atoms with Crippen LogP contribution in [0.25, 0.3) is 0 Å². The molecule has 0 aliphatic carbocycles. The Balaban J connectivity index is 1.86. The van der Waals surface area contributed by atoms with E-state index >= 15 is 0 Å². The van der Waals surface area contributed by atoms with Crippen molar-refractivity contribution in [3.05, 3.63) is 22.2 Å². The van der Waals surface area contributed by atoms with Crippen molar-refractivity contribution in [2.45, 2.75) is 13.5 Å². The molecule has 0 aromatic heterocycles. The van der Waals surface area contributed by atoms with E-state index in [1.165, 1.54) is 5.56 Å². The molecule has 1 aromatic carbocycles. The van der Waals surface area contributed by atoms with Crippen LogP contribution in [0, 0.1) is 0 Å². The zero-order chi connectivity index (χ0) is 13.0. The summed E-state index contributed by atoms with van der Waals surface area (Å²) in [6.07, 6.45) is 0. The minimum atomic E-state index is 0.319. The van der Waals surface area contributed by atoms with Crippen LogP contribution in [-0.2, 0) is 6.54 Å². The Kier molecular flexibility index (Phi) is 4.86. The standard InChI is InChI=1S/C13H19BrN2O2/c1-3-16(2)5-4-15-8-10-6-12-13(7-11(10)14)18-9-17-12/h6-7,15H,3-5,8-9H2,1-2H3. The number of hydrogen-bond donors (Lipinski definition) is 1. The lowest BCUT2D eigenvalue weighted by atomic mass is 10.2. The van der Waals surface area contributed by atoms with Gasteiger partial charge in [0.1, 0.15) is 0 Å². The lowest BCUT2D eigenvalue weighted by molar-refractivity contribution is 0.174. The molecule has 4 nitrogen and oxygen atoms in total. The number of ether oxygens (including phenoxy) is 2. The summed E-state index contributed by atoms with van der Waals surface area (Å²) in [7, 11) is 2.12. The van der Waals surface area contributed by atoms with Gasteiger partial charge in [-0.3, -0.25) is 0 Å². The highest BCUT2D eigenvalue weighted by Crippen LogP contribution is 2.36. The van der Waals surface area contributed by atoms with E-state index in [-0.39, 0.29) is 0 Å². The van der Waals surface area contributed by atoms with Gasteiger partial charge in [-0.15, -0.1) is 0 Å². The topological polar surface area (TPSA) is 33.7 Å². The van der Waals surface area contributed by atoms with Crippen molar-refractivity contribution >= 4 is 15.9 Å². The minimum absolute atomic E-state index is 0.319. The van der Waals surface area contributed by atoms with E-state index in [4.69, 9.17) is 9.47 Å². The molecule has 1 aliphatic rings. The van der Waals surface area contributed by atoms with Gasteiger partial charge in [0.15, 0.2) is 11.5 Å². The minimum Gasteiger partial charge on any atom is -0.454 e. The zero-order valence-corrected chi connectivity index (χ0v) is 12.4. The molecule has 18 heavy (non-hydrogen) atoms. The summed E-state index contributed by atoms with van der Waals surface area (Å²) in [6, 6.07) is 4.00. The molecule has 0 bridgehead atoms. The number of rotatable bonds is 6. The second-order valence-electron chi connectivity index (χ2n) is 4.37. The predicted octanol–water partition coefficient (Wildman–Crippen LogP) is 2.22. The summed E-state index contributed by atoms with van der Waals surface area (Å²) >= 11 is 3.56. The Morgan fingerprint density at radius 2 is 2.06 bits per heavy atom. The summed E-state index contributed by atoms with van der Waals surface area (Å²) in [6.45, 7) is 6.42. The third-order valence-electron chi connectivity index (χ3n) is 3.07. The van der Waals surface area contributed by atoms with Crippen molar-refractivity contribution in [3.8, 4) is 11.5 Å². The molecule has 100 valence electrons. The molecule has 0 saturated carbocycles. The molecule has 0 fully saturated rings. The summed E-state index contributed by atoms with van der Waals surface area (Å²) in [5.74, 6) is 1.65. The van der Waals surface area contributed by atoms with Gasteiger partial charge in [-0.1, -0.05) is 22.9 Å². The highest BCUT2D eigenvalue weighted by Gasteiger charge is 2.15. The third kappa shape index (κ3) is 3.37. The number of nitrogens with one attached hydrogen (secondary N) is 1. The van der Waals surface area contributed by atoms with Gasteiger partial charge in [-0.05, 0) is 31.3 Å². The Morgan fingerprint density at radius 3 is 2.78 bits per heavy atom. The molecule has 0 spiro atoms. The van der Waals surface area contributed by atoms with Crippen LogP contribution in [0.1, 0.15) is 12.5 Å². The summed E-state index contributed by atoms with van der Waals surface area (Å²) in [4.78, 5) is 2.28. The molecule has 1 aromatic rings. The van der Waals surface area contributed by atoms with E-state index in [2.05, 4.69) is 40.1 Å². The number of halogens is 1. The van der Waals surface area contributed by atoms with Gasteiger partial charge in [-0.25, -0.2) is 0 Å². The average molecular weight is 315 g/mol. The van der Waals surface area contributed by atoms with Crippen LogP contribution in [0.15, 0.2) is 16.6 Å². The average Bonchev–Trinajstić information content (AvgIpc) is 2.81. The van der Waals surface area contributed by atoms with Crippen molar-refractivity contribution in [2.24, 2.45) is 0 Å². The van der Waals surface area contributed by atoms with Gasteiger partial charge in [0.05, 0.1) is 0 Å². The van der Waals surface area contributed by atoms with E-state index in [0.717, 1.165) is 42.2 Å². The first-order valence-electron chi connectivity index (χ1n) is 6.18. The van der Waals surface area contributed by atoms with Crippen LogP contribution in [0.3, 0.4) is 0 Å². The molecule has 1 heterocycles. The van der Waals surface area contributed by atoms with E-state index in [9.17, 15) is 0 Å². The lowest BCUT2D eigenvalue weighted by Gasteiger charge is -2.14. The van der Waals surface area contributed by atoms with Crippen molar-refractivity contribution in [2.75, 3.05) is 33.5 Å². The largest absolute Gasteiger partial charge is 0.454 e. The first-order valence-corrected chi connectivity index (χ1v) is 6.97. The Labute approximate surface area is 116 Å². The molecule has 2 rings (SSSR count). The molecule has 0 atom stereocenters. The second kappa shape index (κ2) is 6.41. The molecule has 5 heteroatoms. The number of hydrogen-bond acceptors (Lipinski definition) is 4. The number of fused-ring (bicyclic) bond motifs is 1. The van der Waals surface area contributed by atoms with E-state index < -0.39 is 0 Å². The Hall–Kier alpha value is -0.780. The van der Waals surface area contributed by atoms with Crippen LogP contribution in [0.4, 0.5) is 0 Å². The number of likely N-dealkylation sites (N-methyl/N-ethyl adjacent to an activating group) is 1. The highest BCUT2D eigenvalue weighted by atomic mass is 79.9. The third-order valence-corrected chi connectivity index (χ3v) is 3.81. The van der Waals surface area contributed by atoms with E-state index in [1.54, 1.807) is 0 Å². The lowest BCUT2D eigenvalue weighted by Crippen LogP contribution is -2.28. The van der Waals surface area contributed by atoms with Crippen LogP contribution >= 0.6 is 15.9 Å². The maximum absolute atomic E-state index is 5.38. The fraction of sp³-hybridized carbons (Fsp3) is 0.538. The molecule has 1 aliphatic heterocycles. The van der Waals surface area contributed by atoms with Gasteiger partial charge in [0, 0.05) is 24.1 Å². The van der Waals surface area contributed by atoms with Gasteiger partial charge >= 0.3 is 0 Å². The number of benzene rings is 1. The molecular weight excluding hydrogens is 296 g/mol. The summed E-state index contributed by atoms with van der Waals surface area (Å²) in [5.41, 5.74) is 1.19. The first-order chi connectivity index (χ1) is 8.70. The van der Waals surface area contributed by atoms with Gasteiger partial charge < -0.3 is 19.7 Å². The van der Waals surface area contributed by atoms with Crippen molar-refractivity contribution in [1.29, 1.82) is 0 Å². The van der Waals surface area contributed by atoms with Crippen LogP contribution in [0.5, 0.6) is 11.5 Å². The molecule has 0 amide bonds. The fourth-order valence-corrected chi connectivity index (χ4v) is 2.21. The van der Waals surface area contributed by atoms with E-state index in [1.807, 2.05) is 12.1 Å². The highest BCUT2D eigenvalue weighted by molar-refractivity contribution is 9.10. The van der Waals surface area contributed by atoms with Crippen LogP contribution < -0.4 is 14.8 Å². The molecule has 0 unspecified atom stereocenters. The Morgan fingerprint density at radius 1 is 1.33 bits per heavy atom. The second-order valence-corrected chi connectivity index (χ2v) is 5.22. The van der Waals surface area contributed by atoms with Gasteiger partial charge in [0.25, 0.3) is 0 Å². The molecule has 1 N–H and O–H groups in total.